The Bertz CT molecular complexity index is 677. The zero-order valence-electron chi connectivity index (χ0n) is 15.4. The number of carbonyl (C=O) groups is 1. The molecule has 0 unspecified atom stereocenters. The minimum absolute atomic E-state index is 0. The van der Waals surface area contributed by atoms with Gasteiger partial charge in [-0.15, -0.1) is 12.4 Å². The van der Waals surface area contributed by atoms with Crippen LogP contribution < -0.4 is 4.74 Å². The molecule has 1 saturated heterocycles. The summed E-state index contributed by atoms with van der Waals surface area (Å²) >= 11 is 0. The number of carboxylic acids is 1. The van der Waals surface area contributed by atoms with E-state index < -0.39 is 16.0 Å². The van der Waals surface area contributed by atoms with Gasteiger partial charge in [0.25, 0.3) is 0 Å². The summed E-state index contributed by atoms with van der Waals surface area (Å²) in [4.78, 5) is 12.9. The molecule has 27 heavy (non-hydrogen) atoms. The molecule has 1 aromatic carbocycles. The highest BCUT2D eigenvalue weighted by molar-refractivity contribution is 7.89. The first kappa shape index (κ1) is 23.6. The predicted octanol–water partition coefficient (Wildman–Crippen LogP) is 1.30. The molecular weight excluding hydrogens is 396 g/mol. The number of hydrogen-bond donors (Lipinski definition) is 1. The minimum Gasteiger partial charge on any atom is -0.492 e. The van der Waals surface area contributed by atoms with Crippen LogP contribution >= 0.6 is 12.4 Å². The first-order chi connectivity index (χ1) is 12.4. The van der Waals surface area contributed by atoms with Gasteiger partial charge in [-0.25, -0.2) is 8.42 Å². The lowest BCUT2D eigenvalue weighted by Crippen LogP contribution is -2.40. The molecule has 0 bridgehead atoms. The molecule has 1 heterocycles. The average molecular weight is 423 g/mol. The number of nitrogens with zero attached hydrogens (tertiary/aromatic N) is 2. The molecule has 0 amide bonds. The summed E-state index contributed by atoms with van der Waals surface area (Å²) in [5.74, 6) is -0.311. The Morgan fingerprint density at radius 1 is 1.22 bits per heavy atom. The van der Waals surface area contributed by atoms with E-state index in [0.717, 1.165) is 6.42 Å². The molecule has 1 fully saturated rings. The SMILES string of the molecule is CCCN(CCOc1ccc(S(=O)(=O)N2CCOCC2)cc1)CC(=O)O.Cl. The quantitative estimate of drug-likeness (QED) is 0.607. The summed E-state index contributed by atoms with van der Waals surface area (Å²) in [5, 5.41) is 8.89. The van der Waals surface area contributed by atoms with Crippen molar-refractivity contribution in [2.75, 3.05) is 52.5 Å². The first-order valence-electron chi connectivity index (χ1n) is 8.68. The summed E-state index contributed by atoms with van der Waals surface area (Å²) < 4.78 is 37.3. The zero-order valence-corrected chi connectivity index (χ0v) is 17.0. The van der Waals surface area contributed by atoms with Crippen LogP contribution in [0.5, 0.6) is 5.75 Å². The maximum Gasteiger partial charge on any atom is 0.317 e. The lowest BCUT2D eigenvalue weighted by atomic mass is 10.3. The second-order valence-electron chi connectivity index (χ2n) is 6.01. The fourth-order valence-electron chi connectivity index (χ4n) is 2.71. The maximum absolute atomic E-state index is 12.5. The van der Waals surface area contributed by atoms with Crippen LogP contribution in [0.4, 0.5) is 0 Å². The lowest BCUT2D eigenvalue weighted by molar-refractivity contribution is -0.138. The number of ether oxygens (including phenoxy) is 2. The van der Waals surface area contributed by atoms with E-state index in [1.807, 2.05) is 6.92 Å². The van der Waals surface area contributed by atoms with Gasteiger partial charge in [-0.3, -0.25) is 9.69 Å². The third kappa shape index (κ3) is 7.27. The van der Waals surface area contributed by atoms with Crippen LogP contribution in [0.1, 0.15) is 13.3 Å². The van der Waals surface area contributed by atoms with Gasteiger partial charge in [0.05, 0.1) is 24.7 Å². The Labute approximate surface area is 166 Å². The molecule has 0 aliphatic carbocycles. The van der Waals surface area contributed by atoms with Gasteiger partial charge in [-0.2, -0.15) is 4.31 Å². The van der Waals surface area contributed by atoms with Crippen LogP contribution in [0.3, 0.4) is 0 Å². The van der Waals surface area contributed by atoms with Gasteiger partial charge in [-0.05, 0) is 37.2 Å². The number of hydrogen-bond acceptors (Lipinski definition) is 6. The van der Waals surface area contributed by atoms with Crippen molar-refractivity contribution >= 4 is 28.4 Å². The summed E-state index contributed by atoms with van der Waals surface area (Å²) in [7, 11) is -3.51. The molecule has 1 aromatic rings. The molecule has 0 aromatic heterocycles. The molecule has 1 aliphatic rings. The van der Waals surface area contributed by atoms with E-state index in [1.165, 1.54) is 16.4 Å². The second kappa shape index (κ2) is 11.5. The van der Waals surface area contributed by atoms with Crippen molar-refractivity contribution < 1.29 is 27.8 Å². The van der Waals surface area contributed by atoms with Crippen LogP contribution in [0.15, 0.2) is 29.2 Å². The Morgan fingerprint density at radius 2 is 1.85 bits per heavy atom. The number of rotatable bonds is 10. The third-order valence-electron chi connectivity index (χ3n) is 4.01. The predicted molar refractivity (Wildman–Crippen MR) is 103 cm³/mol. The van der Waals surface area contributed by atoms with Crippen LogP contribution in [0, 0.1) is 0 Å². The normalized spacial score (nSPS) is 15.3. The number of aliphatic carboxylic acids is 1. The van der Waals surface area contributed by atoms with E-state index in [2.05, 4.69) is 0 Å². The topological polar surface area (TPSA) is 96.4 Å². The Balaban J connectivity index is 0.00000364. The lowest BCUT2D eigenvalue weighted by Gasteiger charge is -2.26. The van der Waals surface area contributed by atoms with Gasteiger partial charge in [0.15, 0.2) is 0 Å². The van der Waals surface area contributed by atoms with Crippen molar-refractivity contribution in [1.29, 1.82) is 0 Å². The van der Waals surface area contributed by atoms with Gasteiger partial charge < -0.3 is 14.6 Å². The molecule has 0 atom stereocenters. The van der Waals surface area contributed by atoms with Crippen LogP contribution in [-0.4, -0.2) is 81.2 Å². The van der Waals surface area contributed by atoms with Crippen molar-refractivity contribution in [3.05, 3.63) is 24.3 Å². The van der Waals surface area contributed by atoms with Crippen molar-refractivity contribution in [3.8, 4) is 5.75 Å². The second-order valence-corrected chi connectivity index (χ2v) is 7.94. The molecule has 154 valence electrons. The van der Waals surface area contributed by atoms with Crippen molar-refractivity contribution in [2.24, 2.45) is 0 Å². The molecule has 0 radical (unpaired) electrons. The molecule has 8 nitrogen and oxygen atoms in total. The maximum atomic E-state index is 12.5. The van der Waals surface area contributed by atoms with E-state index >= 15 is 0 Å². The van der Waals surface area contributed by atoms with E-state index in [9.17, 15) is 13.2 Å². The first-order valence-corrected chi connectivity index (χ1v) is 10.1. The smallest absolute Gasteiger partial charge is 0.317 e. The number of halogens is 1. The van der Waals surface area contributed by atoms with E-state index in [4.69, 9.17) is 14.6 Å². The Hall–Kier alpha value is -1.39. The summed E-state index contributed by atoms with van der Waals surface area (Å²) in [6.07, 6.45) is 0.862. The number of carboxylic acid groups (broad SMARTS) is 1. The molecule has 2 rings (SSSR count). The van der Waals surface area contributed by atoms with Crippen LogP contribution in [0.25, 0.3) is 0 Å². The van der Waals surface area contributed by atoms with Crippen molar-refractivity contribution in [1.82, 2.24) is 9.21 Å². The zero-order chi connectivity index (χ0) is 19.0. The molecule has 1 aliphatic heterocycles. The van der Waals surface area contributed by atoms with Gasteiger partial charge in [0.2, 0.25) is 10.0 Å². The van der Waals surface area contributed by atoms with Gasteiger partial charge in [0, 0.05) is 19.6 Å². The molecule has 10 heteroatoms. The van der Waals surface area contributed by atoms with Gasteiger partial charge in [0.1, 0.15) is 12.4 Å². The monoisotopic (exact) mass is 422 g/mol. The number of sulfonamides is 1. The van der Waals surface area contributed by atoms with E-state index in [0.29, 0.717) is 51.7 Å². The Kier molecular flexibility index (Phi) is 10.0. The summed E-state index contributed by atoms with van der Waals surface area (Å²) in [5.41, 5.74) is 0. The van der Waals surface area contributed by atoms with Crippen molar-refractivity contribution in [3.63, 3.8) is 0 Å². The van der Waals surface area contributed by atoms with Crippen molar-refractivity contribution in [2.45, 2.75) is 18.2 Å². The molecule has 0 saturated carbocycles. The molecular formula is C17H27ClN2O6S. The summed E-state index contributed by atoms with van der Waals surface area (Å²) in [6, 6.07) is 6.30. The average Bonchev–Trinajstić information content (AvgIpc) is 2.62. The third-order valence-corrected chi connectivity index (χ3v) is 5.92. The van der Waals surface area contributed by atoms with E-state index in [-0.39, 0.29) is 23.8 Å². The highest BCUT2D eigenvalue weighted by Crippen LogP contribution is 2.20. The highest BCUT2D eigenvalue weighted by atomic mass is 35.5. The fraction of sp³-hybridized carbons (Fsp3) is 0.588. The molecule has 0 spiro atoms. The number of benzene rings is 1. The Morgan fingerprint density at radius 3 is 2.41 bits per heavy atom. The minimum atomic E-state index is -3.51. The summed E-state index contributed by atoms with van der Waals surface area (Å²) in [6.45, 7) is 5.02. The van der Waals surface area contributed by atoms with Gasteiger partial charge in [-0.1, -0.05) is 6.92 Å². The highest BCUT2D eigenvalue weighted by Gasteiger charge is 2.26. The molecule has 1 N–H and O–H groups in total. The van der Waals surface area contributed by atoms with Crippen LogP contribution in [0.2, 0.25) is 0 Å². The van der Waals surface area contributed by atoms with E-state index in [1.54, 1.807) is 17.0 Å². The van der Waals surface area contributed by atoms with Gasteiger partial charge >= 0.3 is 5.97 Å². The fourth-order valence-corrected chi connectivity index (χ4v) is 4.12. The standard InChI is InChI=1S/C17H26N2O6S.ClH/c1-2-7-18(14-17(20)21)8-13-25-15-3-5-16(6-4-15)26(22,23)19-9-11-24-12-10-19;/h3-6H,2,7-14H2,1H3,(H,20,21);1H. The largest absolute Gasteiger partial charge is 0.492 e. The van der Waals surface area contributed by atoms with Crippen LogP contribution in [-0.2, 0) is 19.6 Å². The number of morpholine rings is 1.